The summed E-state index contributed by atoms with van der Waals surface area (Å²) in [4.78, 5) is 12.1. The quantitative estimate of drug-likeness (QED) is 0.838. The predicted molar refractivity (Wildman–Crippen MR) is 86.2 cm³/mol. The Hall–Kier alpha value is -2.32. The highest BCUT2D eigenvalue weighted by Crippen LogP contribution is 2.17. The zero-order valence-electron chi connectivity index (χ0n) is 12.8. The molecule has 8 heteroatoms. The number of amides is 1. The highest BCUT2D eigenvalue weighted by molar-refractivity contribution is 7.89. The van der Waals surface area contributed by atoms with Crippen LogP contribution in [0.4, 0.5) is 14.5 Å². The molecular formula is C16H16F2N2O3S. The molecule has 2 aromatic carbocycles. The fourth-order valence-corrected chi connectivity index (χ4v) is 3.02. The van der Waals surface area contributed by atoms with Crippen molar-refractivity contribution in [1.82, 2.24) is 4.72 Å². The van der Waals surface area contributed by atoms with Gasteiger partial charge in [0.25, 0.3) is 5.91 Å². The first kappa shape index (κ1) is 18.0. The maximum atomic E-state index is 13.5. The first-order chi connectivity index (χ1) is 11.3. The molecule has 0 aliphatic carbocycles. The molecule has 1 amide bonds. The first-order valence-electron chi connectivity index (χ1n) is 7.19. The summed E-state index contributed by atoms with van der Waals surface area (Å²) < 4.78 is 52.7. The van der Waals surface area contributed by atoms with Gasteiger partial charge in [-0.2, -0.15) is 0 Å². The van der Waals surface area contributed by atoms with E-state index in [0.29, 0.717) is 19.0 Å². The van der Waals surface area contributed by atoms with Crippen molar-refractivity contribution in [3.05, 3.63) is 59.7 Å². The van der Waals surface area contributed by atoms with E-state index in [1.54, 1.807) is 0 Å². The summed E-state index contributed by atoms with van der Waals surface area (Å²) in [6, 6.07) is 7.99. The summed E-state index contributed by atoms with van der Waals surface area (Å²) in [5.74, 6) is -2.28. The maximum absolute atomic E-state index is 13.5. The van der Waals surface area contributed by atoms with E-state index in [1.165, 1.54) is 24.3 Å². The van der Waals surface area contributed by atoms with Crippen LogP contribution in [-0.2, 0) is 10.0 Å². The van der Waals surface area contributed by atoms with Gasteiger partial charge in [-0.1, -0.05) is 6.92 Å². The average molecular weight is 354 g/mol. The molecule has 2 aromatic rings. The SMILES string of the molecule is CCCNS(=O)(=O)c1ccc(C(=O)Nc2ccc(F)cc2F)cc1. The summed E-state index contributed by atoms with van der Waals surface area (Å²) in [6.07, 6.45) is 0.656. The van der Waals surface area contributed by atoms with Crippen molar-refractivity contribution in [3.63, 3.8) is 0 Å². The van der Waals surface area contributed by atoms with E-state index in [2.05, 4.69) is 10.0 Å². The largest absolute Gasteiger partial charge is 0.319 e. The molecule has 0 atom stereocenters. The third kappa shape index (κ3) is 4.36. The van der Waals surface area contributed by atoms with Crippen molar-refractivity contribution in [2.45, 2.75) is 18.2 Å². The van der Waals surface area contributed by atoms with Crippen LogP contribution in [0.15, 0.2) is 47.4 Å². The van der Waals surface area contributed by atoms with Gasteiger partial charge in [-0.05, 0) is 42.8 Å². The van der Waals surface area contributed by atoms with E-state index in [-0.39, 0.29) is 16.1 Å². The van der Waals surface area contributed by atoms with Gasteiger partial charge in [-0.3, -0.25) is 4.79 Å². The Morgan fingerprint density at radius 2 is 1.75 bits per heavy atom. The molecule has 0 saturated carbocycles. The first-order valence-corrected chi connectivity index (χ1v) is 8.68. The molecule has 0 saturated heterocycles. The molecule has 2 rings (SSSR count). The Morgan fingerprint density at radius 1 is 1.08 bits per heavy atom. The number of hydrogen-bond donors (Lipinski definition) is 2. The molecule has 2 N–H and O–H groups in total. The normalized spacial score (nSPS) is 11.3. The highest BCUT2D eigenvalue weighted by Gasteiger charge is 2.15. The standard InChI is InChI=1S/C16H16F2N2O3S/c1-2-9-19-24(22,23)13-6-3-11(4-7-13)16(21)20-15-8-5-12(17)10-14(15)18/h3-8,10,19H,2,9H2,1H3,(H,20,21). The van der Waals surface area contributed by atoms with Crippen molar-refractivity contribution in [2.24, 2.45) is 0 Å². The number of nitrogens with one attached hydrogen (secondary N) is 2. The van der Waals surface area contributed by atoms with Crippen molar-refractivity contribution in [1.29, 1.82) is 0 Å². The number of benzene rings is 2. The van der Waals surface area contributed by atoms with Crippen LogP contribution in [0.3, 0.4) is 0 Å². The summed E-state index contributed by atoms with van der Waals surface area (Å²) in [6.45, 7) is 2.15. The molecule has 24 heavy (non-hydrogen) atoms. The summed E-state index contributed by atoms with van der Waals surface area (Å²) >= 11 is 0. The van der Waals surface area contributed by atoms with Crippen molar-refractivity contribution in [2.75, 3.05) is 11.9 Å². The third-order valence-corrected chi connectivity index (χ3v) is 4.63. The van der Waals surface area contributed by atoms with E-state index in [1.807, 2.05) is 6.92 Å². The average Bonchev–Trinajstić information content (AvgIpc) is 2.55. The zero-order chi connectivity index (χ0) is 17.7. The Morgan fingerprint density at radius 3 is 2.33 bits per heavy atom. The van der Waals surface area contributed by atoms with Crippen molar-refractivity contribution in [3.8, 4) is 0 Å². The molecule has 0 radical (unpaired) electrons. The van der Waals surface area contributed by atoms with Crippen LogP contribution in [0.5, 0.6) is 0 Å². The van der Waals surface area contributed by atoms with E-state index in [4.69, 9.17) is 0 Å². The van der Waals surface area contributed by atoms with Gasteiger partial charge in [-0.15, -0.1) is 0 Å². The molecule has 0 spiro atoms. The number of sulfonamides is 1. The predicted octanol–water partition coefficient (Wildman–Crippen LogP) is 2.91. The number of carbonyl (C=O) groups is 1. The van der Waals surface area contributed by atoms with Gasteiger partial charge >= 0.3 is 0 Å². The van der Waals surface area contributed by atoms with E-state index >= 15 is 0 Å². The van der Waals surface area contributed by atoms with E-state index in [0.717, 1.165) is 12.1 Å². The molecule has 0 aliphatic rings. The van der Waals surface area contributed by atoms with Crippen molar-refractivity contribution >= 4 is 21.6 Å². The number of carbonyl (C=O) groups excluding carboxylic acids is 1. The minimum atomic E-state index is -3.62. The topological polar surface area (TPSA) is 75.3 Å². The van der Waals surface area contributed by atoms with Crippen LogP contribution in [0, 0.1) is 11.6 Å². The Labute approximate surface area is 138 Å². The van der Waals surface area contributed by atoms with Gasteiger partial charge in [0.15, 0.2) is 0 Å². The number of hydrogen-bond acceptors (Lipinski definition) is 3. The number of rotatable bonds is 6. The second-order valence-electron chi connectivity index (χ2n) is 5.00. The summed E-state index contributed by atoms with van der Waals surface area (Å²) in [5.41, 5.74) is -0.0177. The van der Waals surface area contributed by atoms with Gasteiger partial charge in [0.2, 0.25) is 10.0 Å². The van der Waals surface area contributed by atoms with Crippen LogP contribution in [0.25, 0.3) is 0 Å². The Balaban J connectivity index is 2.14. The monoisotopic (exact) mass is 354 g/mol. The van der Waals surface area contributed by atoms with Crippen LogP contribution in [-0.4, -0.2) is 20.9 Å². The minimum Gasteiger partial charge on any atom is -0.319 e. The Kier molecular flexibility index (Phi) is 5.63. The molecule has 0 fully saturated rings. The minimum absolute atomic E-state index is 0.0282. The molecule has 0 unspecified atom stereocenters. The molecule has 5 nitrogen and oxygen atoms in total. The lowest BCUT2D eigenvalue weighted by molar-refractivity contribution is 0.102. The zero-order valence-corrected chi connectivity index (χ0v) is 13.7. The third-order valence-electron chi connectivity index (χ3n) is 3.15. The van der Waals surface area contributed by atoms with Gasteiger partial charge in [-0.25, -0.2) is 21.9 Å². The highest BCUT2D eigenvalue weighted by atomic mass is 32.2. The molecule has 0 aliphatic heterocycles. The van der Waals surface area contributed by atoms with Gasteiger partial charge in [0.05, 0.1) is 10.6 Å². The number of anilines is 1. The number of halogens is 2. The lowest BCUT2D eigenvalue weighted by Gasteiger charge is -2.08. The van der Waals surface area contributed by atoms with Gasteiger partial charge < -0.3 is 5.32 Å². The Bertz CT molecular complexity index is 837. The van der Waals surface area contributed by atoms with Crippen molar-refractivity contribution < 1.29 is 22.0 Å². The smallest absolute Gasteiger partial charge is 0.255 e. The molecule has 0 aromatic heterocycles. The summed E-state index contributed by atoms with van der Waals surface area (Å²) in [7, 11) is -3.62. The molecule has 0 bridgehead atoms. The maximum Gasteiger partial charge on any atom is 0.255 e. The second-order valence-corrected chi connectivity index (χ2v) is 6.77. The van der Waals surface area contributed by atoms with Crippen LogP contribution >= 0.6 is 0 Å². The summed E-state index contributed by atoms with van der Waals surface area (Å²) in [5, 5.41) is 2.30. The lowest BCUT2D eigenvalue weighted by Crippen LogP contribution is -2.24. The molecular weight excluding hydrogens is 338 g/mol. The second kappa shape index (κ2) is 7.50. The lowest BCUT2D eigenvalue weighted by atomic mass is 10.2. The van der Waals surface area contributed by atoms with E-state index < -0.39 is 27.6 Å². The molecule has 0 heterocycles. The van der Waals surface area contributed by atoms with Crippen LogP contribution < -0.4 is 10.0 Å². The van der Waals surface area contributed by atoms with Gasteiger partial charge in [0.1, 0.15) is 11.6 Å². The van der Waals surface area contributed by atoms with E-state index in [9.17, 15) is 22.0 Å². The van der Waals surface area contributed by atoms with Crippen LogP contribution in [0.1, 0.15) is 23.7 Å². The fourth-order valence-electron chi connectivity index (χ4n) is 1.89. The fraction of sp³-hybridized carbons (Fsp3) is 0.188. The van der Waals surface area contributed by atoms with Gasteiger partial charge in [0, 0.05) is 18.2 Å². The molecule has 128 valence electrons. The van der Waals surface area contributed by atoms with Crippen LogP contribution in [0.2, 0.25) is 0 Å².